The molecule has 1 aliphatic rings. The first-order valence-corrected chi connectivity index (χ1v) is 8.84. The van der Waals surface area contributed by atoms with E-state index >= 15 is 0 Å². The highest BCUT2D eigenvalue weighted by atomic mass is 32.1. The Balaban J connectivity index is 2.10. The zero-order chi connectivity index (χ0) is 18.2. The molecule has 2 rings (SSSR count). The number of hydrogen-bond acceptors (Lipinski definition) is 6. The van der Waals surface area contributed by atoms with E-state index in [0.29, 0.717) is 6.42 Å². The Labute approximate surface area is 149 Å². The first-order valence-electron chi connectivity index (χ1n) is 7.89. The van der Waals surface area contributed by atoms with Crippen molar-refractivity contribution < 1.29 is 23.9 Å². The minimum atomic E-state index is -0.567. The summed E-state index contributed by atoms with van der Waals surface area (Å²) in [6.45, 7) is 3.53. The van der Waals surface area contributed by atoms with E-state index in [2.05, 4.69) is 10.6 Å². The van der Waals surface area contributed by atoms with Crippen LogP contribution in [-0.4, -0.2) is 37.2 Å². The van der Waals surface area contributed by atoms with Crippen LogP contribution in [0.2, 0.25) is 0 Å². The van der Waals surface area contributed by atoms with E-state index in [1.165, 1.54) is 17.4 Å². The molecular formula is C17H20N2O5S. The molecule has 0 aliphatic carbocycles. The largest absolute Gasteiger partial charge is 0.463 e. The molecule has 1 atom stereocenters. The summed E-state index contributed by atoms with van der Waals surface area (Å²) < 4.78 is 10.2. The van der Waals surface area contributed by atoms with E-state index in [1.54, 1.807) is 13.0 Å². The number of rotatable bonds is 7. The number of carbonyl (C=O) groups is 3. The second-order valence-corrected chi connectivity index (χ2v) is 5.95. The van der Waals surface area contributed by atoms with E-state index < -0.39 is 24.0 Å². The minimum Gasteiger partial charge on any atom is -0.463 e. The molecular weight excluding hydrogens is 344 g/mol. The van der Waals surface area contributed by atoms with Gasteiger partial charge < -0.3 is 20.1 Å². The van der Waals surface area contributed by atoms with Gasteiger partial charge in [-0.3, -0.25) is 0 Å². The lowest BCUT2D eigenvalue weighted by molar-refractivity contribution is -0.140. The van der Waals surface area contributed by atoms with Crippen molar-refractivity contribution >= 4 is 35.4 Å². The maximum atomic E-state index is 12.2. The maximum absolute atomic E-state index is 12.2. The third-order valence-electron chi connectivity index (χ3n) is 3.46. The highest BCUT2D eigenvalue weighted by molar-refractivity contribution is 7.08. The summed E-state index contributed by atoms with van der Waals surface area (Å²) in [6.07, 6.45) is 3.44. The molecule has 0 unspecified atom stereocenters. The molecule has 7 nitrogen and oxygen atoms in total. The molecule has 2 amide bonds. The van der Waals surface area contributed by atoms with Crippen LogP contribution in [0.3, 0.4) is 0 Å². The summed E-state index contributed by atoms with van der Waals surface area (Å²) >= 11 is 1.52. The average molecular weight is 364 g/mol. The fourth-order valence-electron chi connectivity index (χ4n) is 2.30. The van der Waals surface area contributed by atoms with Crippen LogP contribution in [0.5, 0.6) is 0 Å². The molecule has 0 aromatic carbocycles. The summed E-state index contributed by atoms with van der Waals surface area (Å²) in [5.41, 5.74) is 1.42. The molecule has 0 radical (unpaired) electrons. The van der Waals surface area contributed by atoms with Crippen LogP contribution in [0.25, 0.3) is 6.08 Å². The smallest absolute Gasteiger partial charge is 0.338 e. The number of amides is 2. The highest BCUT2D eigenvalue weighted by Crippen LogP contribution is 2.17. The van der Waals surface area contributed by atoms with E-state index in [0.717, 1.165) is 5.56 Å². The molecule has 0 saturated heterocycles. The van der Waals surface area contributed by atoms with Crippen LogP contribution in [0.4, 0.5) is 4.79 Å². The molecule has 0 spiro atoms. The Hall–Kier alpha value is -2.61. The van der Waals surface area contributed by atoms with Gasteiger partial charge in [-0.1, -0.05) is 6.92 Å². The number of esters is 2. The monoisotopic (exact) mass is 364 g/mol. The highest BCUT2D eigenvalue weighted by Gasteiger charge is 2.31. The van der Waals surface area contributed by atoms with Crippen molar-refractivity contribution in [3.8, 4) is 0 Å². The predicted octanol–water partition coefficient (Wildman–Crippen LogP) is 2.21. The predicted molar refractivity (Wildman–Crippen MR) is 93.7 cm³/mol. The Bertz CT molecular complexity index is 694. The standard InChI is InChI=1S/C17H20N2O5S/c1-3-12-15(16(21)23-4-2)13(19-17(22)18-12)9-24-14(20)6-5-11-7-8-25-10-11/h5-8,10,12H,3-4,9H2,1-2H3,(H2,18,19,22)/b6-5+/t12-/m1/s1. The van der Waals surface area contributed by atoms with Gasteiger partial charge in [0.1, 0.15) is 6.61 Å². The summed E-state index contributed by atoms with van der Waals surface area (Å²) in [4.78, 5) is 35.8. The molecule has 1 aromatic heterocycles. The van der Waals surface area contributed by atoms with Crippen LogP contribution in [0.15, 0.2) is 34.2 Å². The number of ether oxygens (including phenoxy) is 2. The lowest BCUT2D eigenvalue weighted by atomic mass is 10.0. The fraction of sp³-hybridized carbons (Fsp3) is 0.353. The van der Waals surface area contributed by atoms with Gasteiger partial charge in [-0.2, -0.15) is 11.3 Å². The van der Waals surface area contributed by atoms with Crippen LogP contribution in [0.1, 0.15) is 25.8 Å². The SMILES string of the molecule is CCOC(=O)C1=C(COC(=O)/C=C/c2ccsc2)NC(=O)N[C@@H]1CC. The third-order valence-corrected chi connectivity index (χ3v) is 4.16. The Morgan fingerprint density at radius 1 is 1.32 bits per heavy atom. The lowest BCUT2D eigenvalue weighted by Gasteiger charge is -2.28. The van der Waals surface area contributed by atoms with Crippen LogP contribution in [-0.2, 0) is 19.1 Å². The average Bonchev–Trinajstić information content (AvgIpc) is 3.11. The first kappa shape index (κ1) is 18.7. The zero-order valence-electron chi connectivity index (χ0n) is 14.0. The topological polar surface area (TPSA) is 93.7 Å². The third kappa shape index (κ3) is 5.18. The normalized spacial score (nSPS) is 17.2. The molecule has 2 N–H and O–H groups in total. The van der Waals surface area contributed by atoms with Crippen molar-refractivity contribution in [2.24, 2.45) is 0 Å². The van der Waals surface area contributed by atoms with Crippen molar-refractivity contribution in [3.05, 3.63) is 39.7 Å². The van der Waals surface area contributed by atoms with Gasteiger partial charge >= 0.3 is 18.0 Å². The van der Waals surface area contributed by atoms with Gasteiger partial charge in [0, 0.05) is 6.08 Å². The van der Waals surface area contributed by atoms with Crippen LogP contribution < -0.4 is 10.6 Å². The zero-order valence-corrected chi connectivity index (χ0v) is 14.9. The Kier molecular flexibility index (Phi) is 6.76. The van der Waals surface area contributed by atoms with Gasteiger partial charge in [0.05, 0.1) is 23.9 Å². The van der Waals surface area contributed by atoms with Crippen molar-refractivity contribution in [1.82, 2.24) is 10.6 Å². The van der Waals surface area contributed by atoms with Crippen LogP contribution >= 0.6 is 11.3 Å². The van der Waals surface area contributed by atoms with Crippen molar-refractivity contribution in [1.29, 1.82) is 0 Å². The van der Waals surface area contributed by atoms with Gasteiger partial charge in [0.15, 0.2) is 0 Å². The summed E-state index contributed by atoms with van der Waals surface area (Å²) in [5, 5.41) is 8.97. The second-order valence-electron chi connectivity index (χ2n) is 5.17. The number of thiophene rings is 1. The van der Waals surface area contributed by atoms with Crippen molar-refractivity contribution in [3.63, 3.8) is 0 Å². The van der Waals surface area contributed by atoms with Crippen molar-refractivity contribution in [2.45, 2.75) is 26.3 Å². The van der Waals surface area contributed by atoms with Gasteiger partial charge in [-0.15, -0.1) is 0 Å². The molecule has 0 bridgehead atoms. The van der Waals surface area contributed by atoms with E-state index in [4.69, 9.17) is 9.47 Å². The lowest BCUT2D eigenvalue weighted by Crippen LogP contribution is -2.51. The van der Waals surface area contributed by atoms with E-state index in [-0.39, 0.29) is 24.5 Å². The minimum absolute atomic E-state index is 0.211. The number of carbonyl (C=O) groups excluding carboxylic acids is 3. The Morgan fingerprint density at radius 3 is 2.76 bits per heavy atom. The van der Waals surface area contributed by atoms with E-state index in [9.17, 15) is 14.4 Å². The molecule has 25 heavy (non-hydrogen) atoms. The molecule has 8 heteroatoms. The summed E-state index contributed by atoms with van der Waals surface area (Å²) in [6, 6.07) is 0.942. The molecule has 2 heterocycles. The maximum Gasteiger partial charge on any atom is 0.338 e. The second kappa shape index (κ2) is 9.03. The summed E-state index contributed by atoms with van der Waals surface area (Å²) in [7, 11) is 0. The molecule has 1 aliphatic heterocycles. The molecule has 134 valence electrons. The molecule has 1 aromatic rings. The van der Waals surface area contributed by atoms with Gasteiger partial charge in [-0.25, -0.2) is 14.4 Å². The van der Waals surface area contributed by atoms with Gasteiger partial charge in [0.2, 0.25) is 0 Å². The fourth-order valence-corrected chi connectivity index (χ4v) is 2.93. The van der Waals surface area contributed by atoms with Crippen molar-refractivity contribution in [2.75, 3.05) is 13.2 Å². The summed E-state index contributed by atoms with van der Waals surface area (Å²) in [5.74, 6) is -1.11. The number of urea groups is 1. The van der Waals surface area contributed by atoms with Gasteiger partial charge in [0.25, 0.3) is 0 Å². The molecule has 0 fully saturated rings. The molecule has 0 saturated carbocycles. The number of nitrogens with one attached hydrogen (secondary N) is 2. The first-order chi connectivity index (χ1) is 12.0. The van der Waals surface area contributed by atoms with E-state index in [1.807, 2.05) is 23.8 Å². The quantitative estimate of drug-likeness (QED) is 0.571. The number of hydrogen-bond donors (Lipinski definition) is 2. The Morgan fingerprint density at radius 2 is 2.12 bits per heavy atom. The van der Waals surface area contributed by atoms with Crippen LogP contribution in [0, 0.1) is 0 Å². The van der Waals surface area contributed by atoms with Gasteiger partial charge in [-0.05, 0) is 41.8 Å².